The van der Waals surface area contributed by atoms with Crippen LogP contribution in [0.5, 0.6) is 11.5 Å². The van der Waals surface area contributed by atoms with Crippen molar-refractivity contribution in [3.05, 3.63) is 52.0 Å². The first-order chi connectivity index (χ1) is 11.5. The largest absolute Gasteiger partial charge is 0.490 e. The molecule has 0 aromatic heterocycles. The first kappa shape index (κ1) is 18.4. The highest BCUT2D eigenvalue weighted by atomic mass is 35.5. The van der Waals surface area contributed by atoms with Gasteiger partial charge in [0.1, 0.15) is 0 Å². The summed E-state index contributed by atoms with van der Waals surface area (Å²) in [5.41, 5.74) is 0.948. The van der Waals surface area contributed by atoms with E-state index in [0.717, 1.165) is 6.42 Å². The summed E-state index contributed by atoms with van der Waals surface area (Å²) in [7, 11) is 0. The SMILES string of the molecule is CCCOc1ccc(C(=O)Nc2ccc(Cl)cc2Cl)cc1OCC. The summed E-state index contributed by atoms with van der Waals surface area (Å²) in [5.74, 6) is 0.878. The molecule has 1 amide bonds. The highest BCUT2D eigenvalue weighted by Gasteiger charge is 2.13. The third kappa shape index (κ3) is 4.79. The highest BCUT2D eigenvalue weighted by Crippen LogP contribution is 2.30. The van der Waals surface area contributed by atoms with Crippen molar-refractivity contribution in [1.82, 2.24) is 0 Å². The van der Waals surface area contributed by atoms with Gasteiger partial charge < -0.3 is 14.8 Å². The van der Waals surface area contributed by atoms with E-state index >= 15 is 0 Å². The number of hydrogen-bond acceptors (Lipinski definition) is 3. The lowest BCUT2D eigenvalue weighted by Gasteiger charge is -2.13. The van der Waals surface area contributed by atoms with Crippen molar-refractivity contribution in [3.63, 3.8) is 0 Å². The Morgan fingerprint density at radius 2 is 1.83 bits per heavy atom. The quantitative estimate of drug-likeness (QED) is 0.709. The molecule has 1 N–H and O–H groups in total. The molecular weight excluding hydrogens is 349 g/mol. The average molecular weight is 368 g/mol. The summed E-state index contributed by atoms with van der Waals surface area (Å²) in [4.78, 5) is 12.4. The molecule has 4 nitrogen and oxygen atoms in total. The van der Waals surface area contributed by atoms with E-state index < -0.39 is 0 Å². The number of carbonyl (C=O) groups is 1. The second-order valence-electron chi connectivity index (χ2n) is 5.02. The van der Waals surface area contributed by atoms with Gasteiger partial charge in [-0.15, -0.1) is 0 Å². The van der Waals surface area contributed by atoms with Crippen molar-refractivity contribution < 1.29 is 14.3 Å². The van der Waals surface area contributed by atoms with Crippen LogP contribution in [0.1, 0.15) is 30.6 Å². The number of amides is 1. The topological polar surface area (TPSA) is 47.6 Å². The molecule has 0 spiro atoms. The monoisotopic (exact) mass is 367 g/mol. The van der Waals surface area contributed by atoms with E-state index in [0.29, 0.717) is 46.0 Å². The molecule has 6 heteroatoms. The lowest BCUT2D eigenvalue weighted by Crippen LogP contribution is -2.12. The number of ether oxygens (including phenoxy) is 2. The molecule has 0 aliphatic carbocycles. The second kappa shape index (κ2) is 8.81. The van der Waals surface area contributed by atoms with Gasteiger partial charge in [-0.05, 0) is 49.7 Å². The van der Waals surface area contributed by atoms with Crippen LogP contribution in [-0.2, 0) is 0 Å². The number of nitrogens with one attached hydrogen (secondary N) is 1. The second-order valence-corrected chi connectivity index (χ2v) is 5.86. The van der Waals surface area contributed by atoms with Crippen molar-refractivity contribution in [1.29, 1.82) is 0 Å². The Bertz CT molecular complexity index is 719. The number of benzene rings is 2. The minimum absolute atomic E-state index is 0.290. The first-order valence-electron chi connectivity index (χ1n) is 7.71. The number of halogens is 2. The third-order valence-electron chi connectivity index (χ3n) is 3.15. The van der Waals surface area contributed by atoms with Gasteiger partial charge in [0.2, 0.25) is 0 Å². The highest BCUT2D eigenvalue weighted by molar-refractivity contribution is 6.36. The fourth-order valence-electron chi connectivity index (χ4n) is 2.03. The molecule has 24 heavy (non-hydrogen) atoms. The number of anilines is 1. The van der Waals surface area contributed by atoms with Crippen LogP contribution in [0.15, 0.2) is 36.4 Å². The lowest BCUT2D eigenvalue weighted by molar-refractivity contribution is 0.102. The summed E-state index contributed by atoms with van der Waals surface area (Å²) in [6.45, 7) is 4.98. The molecule has 128 valence electrons. The smallest absolute Gasteiger partial charge is 0.255 e. The van der Waals surface area contributed by atoms with Crippen molar-refractivity contribution >= 4 is 34.8 Å². The zero-order valence-electron chi connectivity index (χ0n) is 13.6. The molecule has 0 radical (unpaired) electrons. The Morgan fingerprint density at radius 3 is 2.50 bits per heavy atom. The van der Waals surface area contributed by atoms with Crippen molar-refractivity contribution in [2.45, 2.75) is 20.3 Å². The molecule has 2 rings (SSSR count). The van der Waals surface area contributed by atoms with Crippen LogP contribution in [0.4, 0.5) is 5.69 Å². The Morgan fingerprint density at radius 1 is 1.04 bits per heavy atom. The van der Waals surface area contributed by atoms with Crippen LogP contribution in [0.3, 0.4) is 0 Å². The van der Waals surface area contributed by atoms with Gasteiger partial charge in [0.05, 0.1) is 23.9 Å². The van der Waals surface area contributed by atoms with E-state index in [-0.39, 0.29) is 5.91 Å². The Labute approximate surface area is 151 Å². The minimum Gasteiger partial charge on any atom is -0.490 e. The van der Waals surface area contributed by atoms with Gasteiger partial charge in [0, 0.05) is 10.6 Å². The third-order valence-corrected chi connectivity index (χ3v) is 3.69. The summed E-state index contributed by atoms with van der Waals surface area (Å²) in [6, 6.07) is 9.98. The van der Waals surface area contributed by atoms with Crippen molar-refractivity contribution in [2.75, 3.05) is 18.5 Å². The molecule has 0 unspecified atom stereocenters. The predicted octanol–water partition coefficient (Wildman–Crippen LogP) is 5.43. The summed E-state index contributed by atoms with van der Waals surface area (Å²) in [6.07, 6.45) is 0.892. The fraction of sp³-hybridized carbons (Fsp3) is 0.278. The fourth-order valence-corrected chi connectivity index (χ4v) is 2.49. The lowest BCUT2D eigenvalue weighted by atomic mass is 10.1. The molecule has 0 saturated heterocycles. The standard InChI is InChI=1S/C18H19Cl2NO3/c1-3-9-24-16-8-5-12(10-17(16)23-4-2)18(22)21-15-7-6-13(19)11-14(15)20/h5-8,10-11H,3-4,9H2,1-2H3,(H,21,22). The van der Waals surface area contributed by atoms with Gasteiger partial charge in [-0.3, -0.25) is 4.79 Å². The van der Waals surface area contributed by atoms with Gasteiger partial charge in [-0.2, -0.15) is 0 Å². The Balaban J connectivity index is 2.20. The molecule has 0 atom stereocenters. The van der Waals surface area contributed by atoms with E-state index in [2.05, 4.69) is 5.32 Å². The zero-order valence-corrected chi connectivity index (χ0v) is 15.1. The molecule has 0 fully saturated rings. The Hall–Kier alpha value is -1.91. The van der Waals surface area contributed by atoms with E-state index in [1.165, 1.54) is 0 Å². The maximum Gasteiger partial charge on any atom is 0.255 e. The van der Waals surface area contributed by atoms with Gasteiger partial charge >= 0.3 is 0 Å². The van der Waals surface area contributed by atoms with E-state index in [1.54, 1.807) is 36.4 Å². The van der Waals surface area contributed by atoms with Crippen LogP contribution < -0.4 is 14.8 Å². The van der Waals surface area contributed by atoms with Crippen LogP contribution in [0.25, 0.3) is 0 Å². The van der Waals surface area contributed by atoms with Crippen molar-refractivity contribution in [2.24, 2.45) is 0 Å². The molecule has 0 bridgehead atoms. The van der Waals surface area contributed by atoms with Crippen molar-refractivity contribution in [3.8, 4) is 11.5 Å². The summed E-state index contributed by atoms with van der Waals surface area (Å²) < 4.78 is 11.2. The van der Waals surface area contributed by atoms with Gasteiger partial charge in [0.25, 0.3) is 5.91 Å². The molecule has 2 aromatic carbocycles. The molecule has 2 aromatic rings. The molecule has 0 heterocycles. The van der Waals surface area contributed by atoms with Crippen LogP contribution in [0, 0.1) is 0 Å². The van der Waals surface area contributed by atoms with Gasteiger partial charge in [-0.1, -0.05) is 30.1 Å². The first-order valence-corrected chi connectivity index (χ1v) is 8.46. The number of rotatable bonds is 7. The Kier molecular flexibility index (Phi) is 6.76. The summed E-state index contributed by atoms with van der Waals surface area (Å²) >= 11 is 11.9. The zero-order chi connectivity index (χ0) is 17.5. The van der Waals surface area contributed by atoms with Gasteiger partial charge in [-0.25, -0.2) is 0 Å². The predicted molar refractivity (Wildman–Crippen MR) is 97.8 cm³/mol. The van der Waals surface area contributed by atoms with E-state index in [4.69, 9.17) is 32.7 Å². The molecule has 0 saturated carbocycles. The van der Waals surface area contributed by atoms with Crippen LogP contribution in [0.2, 0.25) is 10.0 Å². The maximum absolute atomic E-state index is 12.4. The van der Waals surface area contributed by atoms with Crippen LogP contribution >= 0.6 is 23.2 Å². The number of carbonyl (C=O) groups excluding carboxylic acids is 1. The molecule has 0 aliphatic heterocycles. The molecule has 0 aliphatic rings. The van der Waals surface area contributed by atoms with E-state index in [1.807, 2.05) is 13.8 Å². The van der Waals surface area contributed by atoms with Gasteiger partial charge in [0.15, 0.2) is 11.5 Å². The molecular formula is C18H19Cl2NO3. The number of hydrogen-bond donors (Lipinski definition) is 1. The van der Waals surface area contributed by atoms with E-state index in [9.17, 15) is 4.79 Å². The average Bonchev–Trinajstić information content (AvgIpc) is 2.56. The van der Waals surface area contributed by atoms with Crippen LogP contribution in [-0.4, -0.2) is 19.1 Å². The summed E-state index contributed by atoms with van der Waals surface area (Å²) in [5, 5.41) is 3.65. The minimum atomic E-state index is -0.290. The normalized spacial score (nSPS) is 10.3. The maximum atomic E-state index is 12.4.